The second-order valence-electron chi connectivity index (χ2n) is 4.15. The SMILES string of the molecule is NCC(F)(F)CN1C2CCC1COC2. The average Bonchev–Trinajstić information content (AvgIpc) is 2.41. The van der Waals surface area contributed by atoms with Gasteiger partial charge >= 0.3 is 0 Å². The van der Waals surface area contributed by atoms with E-state index < -0.39 is 12.5 Å². The van der Waals surface area contributed by atoms with Gasteiger partial charge in [-0.25, -0.2) is 8.78 Å². The molecule has 0 aromatic carbocycles. The second kappa shape index (κ2) is 3.72. The van der Waals surface area contributed by atoms with Crippen LogP contribution in [-0.2, 0) is 4.74 Å². The molecule has 0 spiro atoms. The standard InChI is InChI=1S/C9H16F2N2O/c10-9(11,5-12)6-13-7-1-2-8(13)4-14-3-7/h7-8H,1-6,12H2. The van der Waals surface area contributed by atoms with Gasteiger partial charge in [0.1, 0.15) is 0 Å². The summed E-state index contributed by atoms with van der Waals surface area (Å²) in [5.74, 6) is -2.75. The number of fused-ring (bicyclic) bond motifs is 2. The van der Waals surface area contributed by atoms with Crippen molar-refractivity contribution >= 4 is 0 Å². The number of hydrogen-bond acceptors (Lipinski definition) is 3. The van der Waals surface area contributed by atoms with Crippen molar-refractivity contribution in [3.8, 4) is 0 Å². The fraction of sp³-hybridized carbons (Fsp3) is 1.00. The predicted octanol–water partition coefficient (Wildman–Crippen LogP) is 0.444. The van der Waals surface area contributed by atoms with Crippen LogP contribution in [0.3, 0.4) is 0 Å². The van der Waals surface area contributed by atoms with Gasteiger partial charge in [-0.15, -0.1) is 0 Å². The third kappa shape index (κ3) is 1.89. The zero-order valence-corrected chi connectivity index (χ0v) is 8.09. The molecule has 2 aliphatic rings. The molecule has 2 N–H and O–H groups in total. The summed E-state index contributed by atoms with van der Waals surface area (Å²) >= 11 is 0. The topological polar surface area (TPSA) is 38.5 Å². The van der Waals surface area contributed by atoms with E-state index in [9.17, 15) is 8.78 Å². The Morgan fingerprint density at radius 1 is 1.29 bits per heavy atom. The first-order valence-electron chi connectivity index (χ1n) is 5.04. The Labute approximate surface area is 82.2 Å². The number of halogens is 2. The molecule has 5 heteroatoms. The number of nitrogens with zero attached hydrogens (tertiary/aromatic N) is 1. The third-order valence-electron chi connectivity index (χ3n) is 3.10. The first-order valence-corrected chi connectivity index (χ1v) is 5.04. The van der Waals surface area contributed by atoms with Gasteiger partial charge in [-0.3, -0.25) is 4.90 Å². The lowest BCUT2D eigenvalue weighted by molar-refractivity contribution is -0.0792. The van der Waals surface area contributed by atoms with Crippen molar-refractivity contribution in [2.45, 2.75) is 30.8 Å². The van der Waals surface area contributed by atoms with Crippen LogP contribution in [0.5, 0.6) is 0 Å². The number of rotatable bonds is 3. The summed E-state index contributed by atoms with van der Waals surface area (Å²) in [6.45, 7) is 0.417. The molecule has 0 aromatic heterocycles. The molecular weight excluding hydrogens is 190 g/mol. The van der Waals surface area contributed by atoms with E-state index in [1.807, 2.05) is 4.90 Å². The molecule has 2 unspecified atom stereocenters. The summed E-state index contributed by atoms with van der Waals surface area (Å²) in [5, 5.41) is 0. The van der Waals surface area contributed by atoms with Crippen molar-refractivity contribution in [3.05, 3.63) is 0 Å². The number of nitrogens with two attached hydrogens (primary N) is 1. The van der Waals surface area contributed by atoms with Gasteiger partial charge in [-0.2, -0.15) is 0 Å². The Bertz CT molecular complexity index is 197. The molecule has 0 aromatic rings. The largest absolute Gasteiger partial charge is 0.378 e. The van der Waals surface area contributed by atoms with Crippen LogP contribution in [0, 0.1) is 0 Å². The van der Waals surface area contributed by atoms with Gasteiger partial charge < -0.3 is 10.5 Å². The molecule has 0 saturated carbocycles. The zero-order chi connectivity index (χ0) is 10.2. The van der Waals surface area contributed by atoms with Gasteiger partial charge in [-0.1, -0.05) is 0 Å². The fourth-order valence-corrected chi connectivity index (χ4v) is 2.30. The lowest BCUT2D eigenvalue weighted by Crippen LogP contribution is -2.52. The molecule has 2 atom stereocenters. The summed E-state index contributed by atoms with van der Waals surface area (Å²) in [6.07, 6.45) is 1.95. The second-order valence-corrected chi connectivity index (χ2v) is 4.15. The Balaban J connectivity index is 1.98. The van der Waals surface area contributed by atoms with Crippen molar-refractivity contribution in [3.63, 3.8) is 0 Å². The number of alkyl halides is 2. The highest BCUT2D eigenvalue weighted by atomic mass is 19.3. The molecule has 14 heavy (non-hydrogen) atoms. The smallest absolute Gasteiger partial charge is 0.272 e. The minimum absolute atomic E-state index is 0.186. The Hall–Kier alpha value is -0.260. The molecule has 2 fully saturated rings. The first-order chi connectivity index (χ1) is 6.62. The van der Waals surface area contributed by atoms with Crippen LogP contribution in [-0.4, -0.2) is 49.2 Å². The van der Waals surface area contributed by atoms with E-state index in [1.54, 1.807) is 0 Å². The Kier molecular flexibility index (Phi) is 2.72. The summed E-state index contributed by atoms with van der Waals surface area (Å²) < 4.78 is 31.5. The molecule has 0 aliphatic carbocycles. The average molecular weight is 206 g/mol. The van der Waals surface area contributed by atoms with Gasteiger partial charge in [0, 0.05) is 12.1 Å². The number of hydrogen-bond donors (Lipinski definition) is 1. The molecule has 2 rings (SSSR count). The number of ether oxygens (including phenoxy) is 1. The highest BCUT2D eigenvalue weighted by molar-refractivity contribution is 4.93. The highest BCUT2D eigenvalue weighted by Gasteiger charge is 2.42. The highest BCUT2D eigenvalue weighted by Crippen LogP contribution is 2.31. The van der Waals surface area contributed by atoms with E-state index in [2.05, 4.69) is 0 Å². The quantitative estimate of drug-likeness (QED) is 0.728. The van der Waals surface area contributed by atoms with Crippen molar-refractivity contribution in [2.24, 2.45) is 5.73 Å². The molecular formula is C9H16F2N2O. The number of morpholine rings is 1. The minimum atomic E-state index is -2.75. The molecule has 2 saturated heterocycles. The van der Waals surface area contributed by atoms with Crippen LogP contribution in [0.15, 0.2) is 0 Å². The lowest BCUT2D eigenvalue weighted by atomic mass is 10.2. The van der Waals surface area contributed by atoms with Crippen LogP contribution in [0.25, 0.3) is 0 Å². The van der Waals surface area contributed by atoms with Gasteiger partial charge in [0.2, 0.25) is 0 Å². The molecule has 0 radical (unpaired) electrons. The van der Waals surface area contributed by atoms with Gasteiger partial charge in [0.15, 0.2) is 0 Å². The molecule has 3 nitrogen and oxygen atoms in total. The van der Waals surface area contributed by atoms with Crippen molar-refractivity contribution in [1.29, 1.82) is 0 Å². The van der Waals surface area contributed by atoms with Crippen LogP contribution in [0.1, 0.15) is 12.8 Å². The maximum absolute atomic E-state index is 13.1. The zero-order valence-electron chi connectivity index (χ0n) is 8.09. The lowest BCUT2D eigenvalue weighted by Gasteiger charge is -2.36. The maximum Gasteiger partial charge on any atom is 0.272 e. The predicted molar refractivity (Wildman–Crippen MR) is 48.3 cm³/mol. The maximum atomic E-state index is 13.1. The summed E-state index contributed by atoms with van der Waals surface area (Å²) in [4.78, 5) is 1.87. The van der Waals surface area contributed by atoms with Gasteiger partial charge in [-0.05, 0) is 12.8 Å². The summed E-state index contributed by atoms with van der Waals surface area (Å²) in [6, 6.07) is 0.373. The van der Waals surface area contributed by atoms with E-state index in [0.29, 0.717) is 13.2 Å². The summed E-state index contributed by atoms with van der Waals surface area (Å²) in [5.41, 5.74) is 5.03. The minimum Gasteiger partial charge on any atom is -0.378 e. The van der Waals surface area contributed by atoms with E-state index in [-0.39, 0.29) is 18.6 Å². The van der Waals surface area contributed by atoms with Gasteiger partial charge in [0.25, 0.3) is 5.92 Å². The third-order valence-corrected chi connectivity index (χ3v) is 3.10. The van der Waals surface area contributed by atoms with E-state index >= 15 is 0 Å². The van der Waals surface area contributed by atoms with E-state index in [4.69, 9.17) is 10.5 Å². The molecule has 0 amide bonds. The first kappa shape index (κ1) is 10.3. The Morgan fingerprint density at radius 2 is 1.86 bits per heavy atom. The van der Waals surface area contributed by atoms with Crippen LogP contribution in [0.4, 0.5) is 8.78 Å². The fourth-order valence-electron chi connectivity index (χ4n) is 2.30. The molecule has 2 heterocycles. The normalized spacial score (nSPS) is 33.6. The van der Waals surface area contributed by atoms with Crippen LogP contribution < -0.4 is 5.73 Å². The molecule has 2 bridgehead atoms. The van der Waals surface area contributed by atoms with Gasteiger partial charge in [0.05, 0.1) is 26.3 Å². The summed E-state index contributed by atoms with van der Waals surface area (Å²) in [7, 11) is 0. The molecule has 82 valence electrons. The van der Waals surface area contributed by atoms with E-state index in [1.165, 1.54) is 0 Å². The van der Waals surface area contributed by atoms with Crippen molar-refractivity contribution < 1.29 is 13.5 Å². The van der Waals surface area contributed by atoms with Crippen LogP contribution >= 0.6 is 0 Å². The monoisotopic (exact) mass is 206 g/mol. The molecule has 2 aliphatic heterocycles. The Morgan fingerprint density at radius 3 is 2.36 bits per heavy atom. The van der Waals surface area contributed by atoms with Crippen molar-refractivity contribution in [1.82, 2.24) is 4.90 Å². The van der Waals surface area contributed by atoms with Crippen molar-refractivity contribution in [2.75, 3.05) is 26.3 Å². The van der Waals surface area contributed by atoms with E-state index in [0.717, 1.165) is 12.8 Å². The van der Waals surface area contributed by atoms with Crippen LogP contribution in [0.2, 0.25) is 0 Å².